The Morgan fingerprint density at radius 1 is 1.40 bits per heavy atom. The number of carbonyl (C=O) groups is 1. The van der Waals surface area contributed by atoms with Gasteiger partial charge in [-0.25, -0.2) is 4.79 Å². The number of rotatable bonds is 10. The van der Waals surface area contributed by atoms with Gasteiger partial charge in [0.05, 0.1) is 12.4 Å². The molecule has 9 heteroatoms. The monoisotopic (exact) mass is 372 g/mol. The van der Waals surface area contributed by atoms with Crippen molar-refractivity contribution in [2.24, 2.45) is 5.92 Å². The lowest BCUT2D eigenvalue weighted by Gasteiger charge is -2.24. The van der Waals surface area contributed by atoms with Crippen LogP contribution < -0.4 is 21.9 Å². The molecule has 1 amide bonds. The molecule has 1 rings (SSSR count). The zero-order valence-corrected chi connectivity index (χ0v) is 16.1. The third-order valence-corrected chi connectivity index (χ3v) is 4.57. The molecule has 142 valence electrons. The summed E-state index contributed by atoms with van der Waals surface area (Å²) in [5, 5.41) is 0. The standard InChI is InChI=1S/C16H28N4O4S/c1-5-8-25-10-12(21)19(6-7-24-4)13-14(17)20(9-11(2)3)16(23)18-15(13)22/h11H,5-10,17H2,1-4H3,(H,18,22,23). The minimum absolute atomic E-state index is 0.00685. The fourth-order valence-electron chi connectivity index (χ4n) is 2.31. The number of amides is 1. The highest BCUT2D eigenvalue weighted by atomic mass is 32.2. The van der Waals surface area contributed by atoms with Crippen molar-refractivity contribution in [3.8, 4) is 0 Å². The SMILES string of the molecule is CCCSCC(=O)N(CCOC)c1c(N)n(CC(C)C)c(=O)[nH]c1=O. The number of thioether (sulfide) groups is 1. The molecular weight excluding hydrogens is 344 g/mol. The number of hydrogen-bond donors (Lipinski definition) is 2. The number of ether oxygens (including phenoxy) is 1. The van der Waals surface area contributed by atoms with Gasteiger partial charge in [0.2, 0.25) is 5.91 Å². The van der Waals surface area contributed by atoms with E-state index in [2.05, 4.69) is 4.98 Å². The molecule has 1 heterocycles. The van der Waals surface area contributed by atoms with E-state index in [4.69, 9.17) is 10.5 Å². The maximum absolute atomic E-state index is 12.6. The number of nitrogens with two attached hydrogens (primary N) is 1. The average Bonchev–Trinajstić information content (AvgIpc) is 2.54. The number of anilines is 2. The van der Waals surface area contributed by atoms with Crippen molar-refractivity contribution in [1.29, 1.82) is 0 Å². The number of methoxy groups -OCH3 is 1. The molecular formula is C16H28N4O4S. The zero-order valence-electron chi connectivity index (χ0n) is 15.3. The van der Waals surface area contributed by atoms with E-state index in [9.17, 15) is 14.4 Å². The Morgan fingerprint density at radius 3 is 2.64 bits per heavy atom. The van der Waals surface area contributed by atoms with Gasteiger partial charge < -0.3 is 15.4 Å². The number of aromatic nitrogens is 2. The lowest BCUT2D eigenvalue weighted by molar-refractivity contribution is -0.116. The summed E-state index contributed by atoms with van der Waals surface area (Å²) in [5.74, 6) is 1.01. The molecule has 0 fully saturated rings. The van der Waals surface area contributed by atoms with Gasteiger partial charge in [-0.05, 0) is 18.1 Å². The Morgan fingerprint density at radius 2 is 2.08 bits per heavy atom. The Labute approximate surface area is 151 Å². The van der Waals surface area contributed by atoms with E-state index in [0.717, 1.165) is 12.2 Å². The number of nitrogen functional groups attached to an aromatic ring is 1. The summed E-state index contributed by atoms with van der Waals surface area (Å²) < 4.78 is 6.34. The van der Waals surface area contributed by atoms with Crippen molar-refractivity contribution in [2.45, 2.75) is 33.7 Å². The van der Waals surface area contributed by atoms with Crippen LogP contribution in [0.1, 0.15) is 27.2 Å². The Bertz CT molecular complexity index is 684. The van der Waals surface area contributed by atoms with Crippen LogP contribution in [0.2, 0.25) is 0 Å². The van der Waals surface area contributed by atoms with Crippen LogP contribution in [0, 0.1) is 5.92 Å². The predicted molar refractivity (Wildman–Crippen MR) is 102 cm³/mol. The molecule has 0 aromatic carbocycles. The molecule has 0 atom stereocenters. The number of H-pyrrole nitrogens is 1. The maximum atomic E-state index is 12.6. The first-order valence-electron chi connectivity index (χ1n) is 8.33. The summed E-state index contributed by atoms with van der Waals surface area (Å²) in [7, 11) is 1.52. The summed E-state index contributed by atoms with van der Waals surface area (Å²) in [4.78, 5) is 40.6. The largest absolute Gasteiger partial charge is 0.383 e. The van der Waals surface area contributed by atoms with Gasteiger partial charge in [-0.15, -0.1) is 0 Å². The second-order valence-electron chi connectivity index (χ2n) is 6.09. The molecule has 1 aromatic rings. The average molecular weight is 372 g/mol. The van der Waals surface area contributed by atoms with E-state index in [1.807, 2.05) is 20.8 Å². The van der Waals surface area contributed by atoms with Gasteiger partial charge in [0.1, 0.15) is 5.82 Å². The molecule has 0 bridgehead atoms. The molecule has 1 aromatic heterocycles. The van der Waals surface area contributed by atoms with Crippen LogP contribution in [0.15, 0.2) is 9.59 Å². The van der Waals surface area contributed by atoms with Gasteiger partial charge in [-0.3, -0.25) is 19.1 Å². The van der Waals surface area contributed by atoms with Crippen molar-refractivity contribution in [3.63, 3.8) is 0 Å². The van der Waals surface area contributed by atoms with Crippen LogP contribution in [0.4, 0.5) is 11.5 Å². The summed E-state index contributed by atoms with van der Waals surface area (Å²) >= 11 is 1.49. The molecule has 0 spiro atoms. The quantitative estimate of drug-likeness (QED) is 0.590. The first kappa shape index (κ1) is 21.3. The van der Waals surface area contributed by atoms with Crippen LogP contribution >= 0.6 is 11.8 Å². The smallest absolute Gasteiger partial charge is 0.330 e. The van der Waals surface area contributed by atoms with Crippen molar-refractivity contribution in [3.05, 3.63) is 20.8 Å². The van der Waals surface area contributed by atoms with Gasteiger partial charge in [-0.1, -0.05) is 20.8 Å². The van der Waals surface area contributed by atoms with Gasteiger partial charge in [0.15, 0.2) is 5.69 Å². The van der Waals surface area contributed by atoms with Crippen molar-refractivity contribution in [2.75, 3.05) is 42.4 Å². The summed E-state index contributed by atoms with van der Waals surface area (Å²) in [6.07, 6.45) is 0.956. The second-order valence-corrected chi connectivity index (χ2v) is 7.19. The van der Waals surface area contributed by atoms with Crippen LogP contribution in [-0.4, -0.2) is 47.2 Å². The second kappa shape index (κ2) is 10.3. The number of carbonyl (C=O) groups excluding carboxylic acids is 1. The Balaban J connectivity index is 3.30. The highest BCUT2D eigenvalue weighted by Crippen LogP contribution is 2.19. The van der Waals surface area contributed by atoms with Gasteiger partial charge >= 0.3 is 5.69 Å². The van der Waals surface area contributed by atoms with Gasteiger partial charge in [0.25, 0.3) is 5.56 Å². The normalized spacial score (nSPS) is 11.1. The fourth-order valence-corrected chi connectivity index (χ4v) is 3.07. The van der Waals surface area contributed by atoms with Crippen LogP contribution in [0.5, 0.6) is 0 Å². The Kier molecular flexibility index (Phi) is 8.77. The van der Waals surface area contributed by atoms with E-state index in [-0.39, 0.29) is 42.2 Å². The van der Waals surface area contributed by atoms with E-state index in [1.165, 1.54) is 28.3 Å². The minimum atomic E-state index is -0.660. The Hall–Kier alpha value is -1.74. The first-order chi connectivity index (χ1) is 11.8. The number of nitrogens with one attached hydrogen (secondary N) is 1. The molecule has 0 aliphatic rings. The van der Waals surface area contributed by atoms with Crippen molar-refractivity contribution in [1.82, 2.24) is 9.55 Å². The van der Waals surface area contributed by atoms with Crippen molar-refractivity contribution < 1.29 is 9.53 Å². The van der Waals surface area contributed by atoms with E-state index >= 15 is 0 Å². The number of nitrogens with zero attached hydrogens (tertiary/aromatic N) is 2. The third kappa shape index (κ3) is 5.93. The van der Waals surface area contributed by atoms with Crippen LogP contribution in [-0.2, 0) is 16.1 Å². The van der Waals surface area contributed by atoms with Crippen molar-refractivity contribution >= 4 is 29.2 Å². The molecule has 8 nitrogen and oxygen atoms in total. The molecule has 0 radical (unpaired) electrons. The summed E-state index contributed by atoms with van der Waals surface area (Å²) in [6.45, 7) is 6.70. The summed E-state index contributed by atoms with van der Waals surface area (Å²) in [5.41, 5.74) is 4.88. The highest BCUT2D eigenvalue weighted by Gasteiger charge is 2.24. The van der Waals surface area contributed by atoms with Gasteiger partial charge in [-0.2, -0.15) is 11.8 Å². The number of aromatic amines is 1. The first-order valence-corrected chi connectivity index (χ1v) is 9.48. The minimum Gasteiger partial charge on any atom is -0.383 e. The van der Waals surface area contributed by atoms with E-state index in [1.54, 1.807) is 0 Å². The van der Waals surface area contributed by atoms with Crippen LogP contribution in [0.25, 0.3) is 0 Å². The molecule has 0 aliphatic carbocycles. The fraction of sp³-hybridized carbons (Fsp3) is 0.688. The molecule has 3 N–H and O–H groups in total. The third-order valence-electron chi connectivity index (χ3n) is 3.43. The number of hydrogen-bond acceptors (Lipinski definition) is 6. The van der Waals surface area contributed by atoms with E-state index in [0.29, 0.717) is 6.54 Å². The summed E-state index contributed by atoms with van der Waals surface area (Å²) in [6, 6.07) is 0. The maximum Gasteiger partial charge on any atom is 0.330 e. The van der Waals surface area contributed by atoms with Gasteiger partial charge in [0, 0.05) is 20.2 Å². The molecule has 0 saturated carbocycles. The topological polar surface area (TPSA) is 110 Å². The predicted octanol–water partition coefficient (Wildman–Crippen LogP) is 0.897. The molecule has 0 saturated heterocycles. The lowest BCUT2D eigenvalue weighted by Crippen LogP contribution is -2.43. The molecule has 25 heavy (non-hydrogen) atoms. The van der Waals surface area contributed by atoms with E-state index < -0.39 is 11.2 Å². The highest BCUT2D eigenvalue weighted by molar-refractivity contribution is 7.99. The lowest BCUT2D eigenvalue weighted by atomic mass is 10.2. The van der Waals surface area contributed by atoms with Crippen LogP contribution in [0.3, 0.4) is 0 Å². The molecule has 0 aliphatic heterocycles. The molecule has 0 unspecified atom stereocenters. The zero-order chi connectivity index (χ0) is 19.0.